The predicted octanol–water partition coefficient (Wildman–Crippen LogP) is 2.81. The fourth-order valence-electron chi connectivity index (χ4n) is 2.22. The molecule has 0 aliphatic carbocycles. The second-order valence-corrected chi connectivity index (χ2v) is 6.19. The Morgan fingerprint density at radius 2 is 2.08 bits per heavy atom. The van der Waals surface area contributed by atoms with Crippen molar-refractivity contribution in [3.05, 3.63) is 72.1 Å². The first kappa shape index (κ1) is 19.4. The van der Waals surface area contributed by atoms with Crippen LogP contribution in [0.5, 0.6) is 0 Å². The molecular weight excluding hydrogens is 383 g/mol. The van der Waals surface area contributed by atoms with E-state index in [1.807, 2.05) is 0 Å². The maximum absolute atomic E-state index is 12.2. The number of benzene rings is 1. The lowest BCUT2D eigenvalue weighted by molar-refractivity contribution is -0.385. The molecule has 8 nitrogen and oxygen atoms in total. The van der Waals surface area contributed by atoms with E-state index >= 15 is 0 Å². The lowest BCUT2D eigenvalue weighted by atomic mass is 10.1. The maximum atomic E-state index is 12.2. The van der Waals surface area contributed by atoms with Crippen LogP contribution in [0.1, 0.15) is 24.1 Å². The zero-order chi connectivity index (χ0) is 19.4. The summed E-state index contributed by atoms with van der Waals surface area (Å²) in [5, 5.41) is 23.2. The van der Waals surface area contributed by atoms with Gasteiger partial charge in [0.1, 0.15) is 18.2 Å². The summed E-state index contributed by atoms with van der Waals surface area (Å²) >= 11 is 11.8. The molecule has 1 N–H and O–H groups in total. The summed E-state index contributed by atoms with van der Waals surface area (Å²) in [4.78, 5) is 34.4. The summed E-state index contributed by atoms with van der Waals surface area (Å²) in [6.45, 7) is 1.23. The molecule has 1 heterocycles. The predicted molar refractivity (Wildman–Crippen MR) is 95.1 cm³/mol. The molecule has 0 bridgehead atoms. The van der Waals surface area contributed by atoms with Gasteiger partial charge in [0.05, 0.1) is 27.2 Å². The summed E-state index contributed by atoms with van der Waals surface area (Å²) in [5.74, 6) is -0.560. The number of pyridine rings is 1. The first-order valence-corrected chi connectivity index (χ1v) is 8.01. The lowest BCUT2D eigenvalue weighted by Crippen LogP contribution is -2.34. The van der Waals surface area contributed by atoms with Gasteiger partial charge in [0.15, 0.2) is 0 Å². The zero-order valence-corrected chi connectivity index (χ0v) is 14.9. The van der Waals surface area contributed by atoms with Crippen LogP contribution < -0.4 is 10.9 Å². The Morgan fingerprint density at radius 1 is 1.38 bits per heavy atom. The van der Waals surface area contributed by atoms with E-state index in [9.17, 15) is 19.7 Å². The number of hydrogen-bond acceptors (Lipinski definition) is 5. The van der Waals surface area contributed by atoms with E-state index < -0.39 is 40.2 Å². The van der Waals surface area contributed by atoms with Crippen molar-refractivity contribution in [2.75, 3.05) is 0 Å². The van der Waals surface area contributed by atoms with Crippen LogP contribution in [0.25, 0.3) is 0 Å². The average Bonchev–Trinajstić information content (AvgIpc) is 2.58. The lowest BCUT2D eigenvalue weighted by Gasteiger charge is -2.15. The molecule has 0 unspecified atom stereocenters. The molecular formula is C16H12Cl2N4O4. The molecule has 0 saturated heterocycles. The highest BCUT2D eigenvalue weighted by molar-refractivity contribution is 6.42. The smallest absolute Gasteiger partial charge is 0.287 e. The van der Waals surface area contributed by atoms with Crippen molar-refractivity contribution in [1.29, 1.82) is 5.26 Å². The van der Waals surface area contributed by atoms with E-state index in [-0.39, 0.29) is 0 Å². The van der Waals surface area contributed by atoms with Gasteiger partial charge >= 0.3 is 0 Å². The maximum Gasteiger partial charge on any atom is 0.287 e. The molecule has 2 rings (SSSR count). The topological polar surface area (TPSA) is 118 Å². The zero-order valence-electron chi connectivity index (χ0n) is 13.4. The number of carbonyl (C=O) groups is 1. The average molecular weight is 395 g/mol. The minimum absolute atomic E-state index is 0.332. The van der Waals surface area contributed by atoms with E-state index in [4.69, 9.17) is 28.5 Å². The standard InChI is InChI=1S/C16H12Cl2N4O4/c1-9(10-2-3-13(17)14(18)5-10)20-15(23)8-21-7-12(22(25)26)4-11(6-19)16(21)24/h2-5,7,9H,8H2,1H3,(H,20,23)/t9-/m0/s1. The molecule has 0 radical (unpaired) electrons. The fraction of sp³-hybridized carbons (Fsp3) is 0.188. The van der Waals surface area contributed by atoms with Crippen molar-refractivity contribution in [2.45, 2.75) is 19.5 Å². The quantitative estimate of drug-likeness (QED) is 0.617. The molecule has 1 atom stereocenters. The minimum Gasteiger partial charge on any atom is -0.348 e. The molecule has 0 aliphatic rings. The first-order valence-electron chi connectivity index (χ1n) is 7.26. The Labute approximate surface area is 157 Å². The third-order valence-corrected chi connectivity index (χ3v) is 4.28. The molecule has 1 amide bonds. The van der Waals surface area contributed by atoms with Crippen LogP contribution in [0.3, 0.4) is 0 Å². The van der Waals surface area contributed by atoms with Crippen LogP contribution in [0.2, 0.25) is 10.0 Å². The Hall–Kier alpha value is -2.89. The van der Waals surface area contributed by atoms with Crippen LogP contribution in [-0.4, -0.2) is 15.4 Å². The highest BCUT2D eigenvalue weighted by atomic mass is 35.5. The number of hydrogen-bond donors (Lipinski definition) is 1. The molecule has 0 aliphatic heterocycles. The number of nitro groups is 1. The minimum atomic E-state index is -0.782. The van der Waals surface area contributed by atoms with Gasteiger partial charge in [-0.05, 0) is 24.6 Å². The molecule has 0 fully saturated rings. The van der Waals surface area contributed by atoms with Gasteiger partial charge in [0.25, 0.3) is 11.2 Å². The van der Waals surface area contributed by atoms with Crippen molar-refractivity contribution in [3.8, 4) is 6.07 Å². The Morgan fingerprint density at radius 3 is 2.65 bits per heavy atom. The van der Waals surface area contributed by atoms with E-state index in [1.165, 1.54) is 0 Å². The first-order chi connectivity index (χ1) is 12.2. The third kappa shape index (κ3) is 4.39. The number of aromatic nitrogens is 1. The summed E-state index contributed by atoms with van der Waals surface area (Å²) in [5.41, 5.74) is -0.955. The van der Waals surface area contributed by atoms with E-state index in [0.717, 1.165) is 16.8 Å². The number of carbonyl (C=O) groups excluding carboxylic acids is 1. The highest BCUT2D eigenvalue weighted by Gasteiger charge is 2.17. The van der Waals surface area contributed by atoms with Gasteiger partial charge < -0.3 is 5.32 Å². The fourth-order valence-corrected chi connectivity index (χ4v) is 2.53. The summed E-state index contributed by atoms with van der Waals surface area (Å²) in [6, 6.07) is 6.89. The Balaban J connectivity index is 2.20. The summed E-state index contributed by atoms with van der Waals surface area (Å²) in [7, 11) is 0. The Bertz CT molecular complexity index is 981. The largest absolute Gasteiger partial charge is 0.348 e. The number of nitrogens with zero attached hydrogens (tertiary/aromatic N) is 3. The molecule has 2 aromatic rings. The number of amides is 1. The van der Waals surface area contributed by atoms with Crippen LogP contribution in [0.4, 0.5) is 5.69 Å². The molecule has 26 heavy (non-hydrogen) atoms. The SMILES string of the molecule is C[C@H](NC(=O)Cn1cc([N+](=O)[O-])cc(C#N)c1=O)c1ccc(Cl)c(Cl)c1. The van der Waals surface area contributed by atoms with Gasteiger partial charge in [-0.25, -0.2) is 0 Å². The van der Waals surface area contributed by atoms with Gasteiger partial charge in [-0.2, -0.15) is 5.26 Å². The monoisotopic (exact) mass is 394 g/mol. The second-order valence-electron chi connectivity index (χ2n) is 5.38. The number of nitrogens with one attached hydrogen (secondary N) is 1. The summed E-state index contributed by atoms with van der Waals surface area (Å²) in [6.07, 6.45) is 0.923. The molecule has 134 valence electrons. The van der Waals surface area contributed by atoms with Crippen molar-refractivity contribution >= 4 is 34.8 Å². The van der Waals surface area contributed by atoms with E-state index in [0.29, 0.717) is 15.6 Å². The van der Waals surface area contributed by atoms with Crippen molar-refractivity contribution in [3.63, 3.8) is 0 Å². The van der Waals surface area contributed by atoms with Gasteiger partial charge in [-0.3, -0.25) is 24.3 Å². The van der Waals surface area contributed by atoms with Crippen LogP contribution in [0.15, 0.2) is 35.3 Å². The Kier molecular flexibility index (Phi) is 5.97. The van der Waals surface area contributed by atoms with Crippen LogP contribution in [0, 0.1) is 21.4 Å². The molecule has 0 saturated carbocycles. The van der Waals surface area contributed by atoms with Crippen LogP contribution in [-0.2, 0) is 11.3 Å². The third-order valence-electron chi connectivity index (χ3n) is 3.54. The highest BCUT2D eigenvalue weighted by Crippen LogP contribution is 2.25. The van der Waals surface area contributed by atoms with Gasteiger partial charge in [0.2, 0.25) is 5.91 Å². The van der Waals surface area contributed by atoms with Gasteiger partial charge in [-0.1, -0.05) is 29.3 Å². The van der Waals surface area contributed by atoms with E-state index in [1.54, 1.807) is 31.2 Å². The van der Waals surface area contributed by atoms with Crippen LogP contribution >= 0.6 is 23.2 Å². The summed E-state index contributed by atoms with van der Waals surface area (Å²) < 4.78 is 0.827. The number of rotatable bonds is 5. The number of nitriles is 1. The molecule has 1 aromatic heterocycles. The normalized spacial score (nSPS) is 11.5. The number of halogens is 2. The van der Waals surface area contributed by atoms with Gasteiger partial charge in [-0.15, -0.1) is 0 Å². The second kappa shape index (κ2) is 7.99. The molecule has 1 aromatic carbocycles. The van der Waals surface area contributed by atoms with Crippen molar-refractivity contribution < 1.29 is 9.72 Å². The molecule has 0 spiro atoms. The van der Waals surface area contributed by atoms with Gasteiger partial charge in [0, 0.05) is 6.07 Å². The molecule has 10 heteroatoms. The van der Waals surface area contributed by atoms with Crippen molar-refractivity contribution in [2.24, 2.45) is 0 Å². The van der Waals surface area contributed by atoms with E-state index in [2.05, 4.69) is 5.32 Å². The van der Waals surface area contributed by atoms with Crippen molar-refractivity contribution in [1.82, 2.24) is 9.88 Å².